The Kier molecular flexibility index (Phi) is 9.34. The molecule has 210 valence electrons. The molecule has 1 fully saturated rings. The van der Waals surface area contributed by atoms with Gasteiger partial charge in [0.05, 0.1) is 13.1 Å². The van der Waals surface area contributed by atoms with E-state index in [1.807, 2.05) is 50.5 Å². The Labute approximate surface area is 234 Å². The third kappa shape index (κ3) is 6.95. The zero-order chi connectivity index (χ0) is 28.6. The molecule has 9 nitrogen and oxygen atoms in total. The maximum absolute atomic E-state index is 15.1. The van der Waals surface area contributed by atoms with Crippen LogP contribution >= 0.6 is 0 Å². The molecule has 0 radical (unpaired) electrons. The van der Waals surface area contributed by atoms with Gasteiger partial charge < -0.3 is 20.4 Å². The summed E-state index contributed by atoms with van der Waals surface area (Å²) in [5.41, 5.74) is 2.59. The molecule has 1 atom stereocenters. The molecule has 0 saturated carbocycles. The van der Waals surface area contributed by atoms with Gasteiger partial charge in [-0.2, -0.15) is 0 Å². The number of halogens is 1. The lowest BCUT2D eigenvalue weighted by Crippen LogP contribution is -2.52. The van der Waals surface area contributed by atoms with E-state index in [0.29, 0.717) is 23.4 Å². The third-order valence-electron chi connectivity index (χ3n) is 6.88. The van der Waals surface area contributed by atoms with Crippen molar-refractivity contribution in [3.8, 4) is 0 Å². The molecule has 1 saturated heterocycles. The van der Waals surface area contributed by atoms with Crippen molar-refractivity contribution < 1.29 is 18.8 Å². The predicted octanol–water partition coefficient (Wildman–Crippen LogP) is 3.15. The smallest absolute Gasteiger partial charge is 0.331 e. The van der Waals surface area contributed by atoms with Crippen molar-refractivity contribution in [2.75, 3.05) is 45.7 Å². The Balaban J connectivity index is 1.60. The van der Waals surface area contributed by atoms with Crippen molar-refractivity contribution in [3.63, 3.8) is 0 Å². The molecular formula is C30H35FN6O3. The molecule has 0 aliphatic carbocycles. The second-order valence-corrected chi connectivity index (χ2v) is 9.86. The van der Waals surface area contributed by atoms with Crippen LogP contribution in [0.3, 0.4) is 0 Å². The van der Waals surface area contributed by atoms with Gasteiger partial charge in [-0.3, -0.25) is 14.6 Å². The normalized spacial score (nSPS) is 16.4. The first kappa shape index (κ1) is 28.6. The summed E-state index contributed by atoms with van der Waals surface area (Å²) < 4.78 is 15.1. The van der Waals surface area contributed by atoms with Crippen LogP contribution in [-0.2, 0) is 22.7 Å². The molecule has 3 aromatic carbocycles. The van der Waals surface area contributed by atoms with Crippen LogP contribution in [0.4, 0.5) is 14.9 Å². The van der Waals surface area contributed by atoms with E-state index in [1.54, 1.807) is 53.4 Å². The van der Waals surface area contributed by atoms with Crippen LogP contribution in [0.15, 0.2) is 78.9 Å². The second-order valence-electron chi connectivity index (χ2n) is 9.86. The highest BCUT2D eigenvalue weighted by Gasteiger charge is 2.32. The summed E-state index contributed by atoms with van der Waals surface area (Å²) in [5.74, 6) is -1.19. The van der Waals surface area contributed by atoms with Crippen molar-refractivity contribution in [2.24, 2.45) is 0 Å². The minimum atomic E-state index is -0.958. The number of anilines is 1. The van der Waals surface area contributed by atoms with Crippen LogP contribution < -0.4 is 15.5 Å². The molecule has 10 heteroatoms. The van der Waals surface area contributed by atoms with Crippen molar-refractivity contribution in [1.29, 1.82) is 0 Å². The summed E-state index contributed by atoms with van der Waals surface area (Å²) in [6, 6.07) is 21.9. The highest BCUT2D eigenvalue weighted by atomic mass is 19.1. The lowest BCUT2D eigenvalue weighted by Gasteiger charge is -2.33. The first-order valence-corrected chi connectivity index (χ1v) is 13.1. The molecule has 0 aromatic heterocycles. The minimum absolute atomic E-state index is 0.00399. The average molecular weight is 547 g/mol. The summed E-state index contributed by atoms with van der Waals surface area (Å²) in [4.78, 5) is 43.4. The lowest BCUT2D eigenvalue weighted by atomic mass is 10.0. The van der Waals surface area contributed by atoms with Crippen molar-refractivity contribution in [1.82, 2.24) is 25.6 Å². The number of hydrogen-bond donors (Lipinski definition) is 2. The molecule has 1 aliphatic heterocycles. The number of urea groups is 1. The molecule has 4 amide bonds. The molecule has 2 N–H and O–H groups in total. The van der Waals surface area contributed by atoms with Crippen molar-refractivity contribution >= 4 is 23.5 Å². The fourth-order valence-corrected chi connectivity index (χ4v) is 4.66. The molecule has 1 heterocycles. The van der Waals surface area contributed by atoms with Gasteiger partial charge in [-0.1, -0.05) is 66.7 Å². The van der Waals surface area contributed by atoms with Gasteiger partial charge in [0.2, 0.25) is 11.8 Å². The Morgan fingerprint density at radius 1 is 0.950 bits per heavy atom. The fraction of sp³-hybridized carbons (Fsp3) is 0.300. The Morgan fingerprint density at radius 2 is 1.62 bits per heavy atom. The molecule has 3 aromatic rings. The molecule has 1 aliphatic rings. The number of amides is 4. The van der Waals surface area contributed by atoms with E-state index in [0.717, 1.165) is 5.56 Å². The van der Waals surface area contributed by atoms with Crippen LogP contribution in [0.25, 0.3) is 0 Å². The van der Waals surface area contributed by atoms with E-state index >= 15 is 4.39 Å². The van der Waals surface area contributed by atoms with E-state index in [1.165, 1.54) is 16.0 Å². The standard InChI is InChI=1S/C30H35FN6O3/c1-34(2)26-16-10-15-25(31)24(26)20-36-17-18-37(35(3)30(40)32-19-22-11-6-4-7-12-22)21-27(38)33-28(29(36)39)23-13-8-5-9-14-23/h4-16,28H,17-21H2,1-3H3,(H,32,40)(H,33,38)/t28-/m0/s1. The number of carbonyl (C=O) groups is 3. The highest BCUT2D eigenvalue weighted by molar-refractivity contribution is 5.90. The highest BCUT2D eigenvalue weighted by Crippen LogP contribution is 2.26. The number of carbonyl (C=O) groups excluding carboxylic acids is 3. The van der Waals surface area contributed by atoms with E-state index in [9.17, 15) is 14.4 Å². The topological polar surface area (TPSA) is 88.2 Å². The Morgan fingerprint density at radius 3 is 2.30 bits per heavy atom. The summed E-state index contributed by atoms with van der Waals surface area (Å²) in [7, 11) is 5.21. The van der Waals surface area contributed by atoms with Crippen molar-refractivity contribution in [2.45, 2.75) is 19.1 Å². The van der Waals surface area contributed by atoms with Crippen molar-refractivity contribution in [3.05, 3.63) is 101 Å². The monoisotopic (exact) mass is 546 g/mol. The van der Waals surface area contributed by atoms with Gasteiger partial charge >= 0.3 is 6.03 Å². The maximum Gasteiger partial charge on any atom is 0.331 e. The summed E-state index contributed by atoms with van der Waals surface area (Å²) in [5, 5.41) is 8.63. The van der Waals surface area contributed by atoms with Gasteiger partial charge in [-0.25, -0.2) is 14.2 Å². The van der Waals surface area contributed by atoms with Gasteiger partial charge in [0.25, 0.3) is 0 Å². The number of benzene rings is 3. The molecule has 0 spiro atoms. The van der Waals surface area contributed by atoms with Crippen LogP contribution in [0.2, 0.25) is 0 Å². The summed E-state index contributed by atoms with van der Waals surface area (Å²) >= 11 is 0. The number of nitrogens with zero attached hydrogens (tertiary/aromatic N) is 4. The van der Waals surface area contributed by atoms with Gasteiger partial charge in [0.15, 0.2) is 0 Å². The second kappa shape index (κ2) is 13.1. The van der Waals surface area contributed by atoms with Crippen LogP contribution in [-0.4, -0.2) is 73.5 Å². The van der Waals surface area contributed by atoms with Crippen LogP contribution in [0, 0.1) is 5.82 Å². The first-order chi connectivity index (χ1) is 19.2. The van der Waals surface area contributed by atoms with E-state index in [2.05, 4.69) is 10.6 Å². The number of nitrogens with one attached hydrogen (secondary N) is 2. The fourth-order valence-electron chi connectivity index (χ4n) is 4.66. The SMILES string of the molecule is CN(C)c1cccc(F)c1CN1CCN(N(C)C(=O)NCc2ccccc2)CC(=O)N[C@@H](c2ccccc2)C1=O. The third-order valence-corrected chi connectivity index (χ3v) is 6.88. The minimum Gasteiger partial charge on any atom is -0.377 e. The number of hydrazine groups is 1. The Bertz CT molecular complexity index is 1320. The predicted molar refractivity (Wildman–Crippen MR) is 151 cm³/mol. The molecule has 0 unspecified atom stereocenters. The van der Waals surface area contributed by atoms with Gasteiger partial charge in [-0.15, -0.1) is 0 Å². The zero-order valence-electron chi connectivity index (χ0n) is 23.0. The average Bonchev–Trinajstić information content (AvgIpc) is 3.02. The molecule has 40 heavy (non-hydrogen) atoms. The number of rotatable bonds is 7. The zero-order valence-corrected chi connectivity index (χ0v) is 23.0. The van der Waals surface area contributed by atoms with E-state index in [4.69, 9.17) is 0 Å². The quantitative estimate of drug-likeness (QED) is 0.476. The molecule has 4 rings (SSSR count). The van der Waals surface area contributed by atoms with E-state index < -0.39 is 23.8 Å². The lowest BCUT2D eigenvalue weighted by molar-refractivity contribution is -0.136. The molecular weight excluding hydrogens is 511 g/mol. The summed E-state index contributed by atoms with van der Waals surface area (Å²) in [6.45, 7) is 0.528. The first-order valence-electron chi connectivity index (χ1n) is 13.1. The summed E-state index contributed by atoms with van der Waals surface area (Å²) in [6.07, 6.45) is 0. The van der Waals surface area contributed by atoms with Gasteiger partial charge in [-0.05, 0) is 23.3 Å². The van der Waals surface area contributed by atoms with E-state index in [-0.39, 0.29) is 32.1 Å². The van der Waals surface area contributed by atoms with Crippen LogP contribution in [0.5, 0.6) is 0 Å². The molecule has 0 bridgehead atoms. The number of hydrogen-bond acceptors (Lipinski definition) is 5. The maximum atomic E-state index is 15.1. The van der Waals surface area contributed by atoms with Crippen LogP contribution in [0.1, 0.15) is 22.7 Å². The Hall–Kier alpha value is -4.44. The largest absolute Gasteiger partial charge is 0.377 e. The van der Waals surface area contributed by atoms with Gasteiger partial charge in [0, 0.05) is 52.0 Å². The van der Waals surface area contributed by atoms with Gasteiger partial charge in [0.1, 0.15) is 11.9 Å².